The maximum Gasteiger partial charge on any atom is 0.419 e. The van der Waals surface area contributed by atoms with E-state index in [1.807, 2.05) is 6.92 Å². The molecule has 0 saturated heterocycles. The van der Waals surface area contributed by atoms with E-state index in [0.29, 0.717) is 0 Å². The molecule has 0 aliphatic heterocycles. The highest BCUT2D eigenvalue weighted by Crippen LogP contribution is 2.12. The second-order valence-electron chi connectivity index (χ2n) is 5.43. The molecule has 0 saturated carbocycles. The fourth-order valence-corrected chi connectivity index (χ4v) is 2.22. The highest BCUT2D eigenvalue weighted by Gasteiger charge is 2.10. The SMILES string of the molecule is CCCCCCCCCCC(C)OC(=O)n1ccnc1. The lowest BCUT2D eigenvalue weighted by molar-refractivity contribution is 0.102. The highest BCUT2D eigenvalue weighted by atomic mass is 16.6. The Balaban J connectivity index is 1.97. The Bertz CT molecular complexity index is 349. The molecule has 0 fully saturated rings. The third-order valence-corrected chi connectivity index (χ3v) is 3.48. The number of carbonyl (C=O) groups is 1. The van der Waals surface area contributed by atoms with Gasteiger partial charge in [0.25, 0.3) is 0 Å². The number of hydrogen-bond donors (Lipinski definition) is 0. The largest absolute Gasteiger partial charge is 0.446 e. The number of rotatable bonds is 10. The van der Waals surface area contributed by atoms with Crippen molar-refractivity contribution in [3.05, 3.63) is 18.7 Å². The Hall–Kier alpha value is -1.32. The van der Waals surface area contributed by atoms with E-state index in [9.17, 15) is 4.79 Å². The van der Waals surface area contributed by atoms with Crippen molar-refractivity contribution in [2.24, 2.45) is 0 Å². The highest BCUT2D eigenvalue weighted by molar-refractivity contribution is 5.70. The van der Waals surface area contributed by atoms with Gasteiger partial charge in [0.2, 0.25) is 0 Å². The van der Waals surface area contributed by atoms with Crippen molar-refractivity contribution in [2.45, 2.75) is 77.7 Å². The predicted molar refractivity (Wildman–Crippen MR) is 80.8 cm³/mol. The van der Waals surface area contributed by atoms with Gasteiger partial charge in [0.15, 0.2) is 0 Å². The summed E-state index contributed by atoms with van der Waals surface area (Å²) in [6.07, 6.45) is 15.6. The lowest BCUT2D eigenvalue weighted by atomic mass is 10.1. The average molecular weight is 280 g/mol. The lowest BCUT2D eigenvalue weighted by Crippen LogP contribution is -2.18. The number of nitrogens with zero attached hydrogens (tertiary/aromatic N) is 2. The number of hydrogen-bond acceptors (Lipinski definition) is 3. The summed E-state index contributed by atoms with van der Waals surface area (Å²) < 4.78 is 6.70. The van der Waals surface area contributed by atoms with Gasteiger partial charge in [0.1, 0.15) is 12.4 Å². The summed E-state index contributed by atoms with van der Waals surface area (Å²) in [7, 11) is 0. The van der Waals surface area contributed by atoms with Crippen molar-refractivity contribution in [3.63, 3.8) is 0 Å². The van der Waals surface area contributed by atoms with Crippen molar-refractivity contribution < 1.29 is 9.53 Å². The van der Waals surface area contributed by atoms with Crippen LogP contribution < -0.4 is 0 Å². The van der Waals surface area contributed by atoms with E-state index in [2.05, 4.69) is 11.9 Å². The van der Waals surface area contributed by atoms with Gasteiger partial charge in [-0.1, -0.05) is 51.9 Å². The standard InChI is InChI=1S/C16H28N2O2/c1-3-4-5-6-7-8-9-10-11-15(2)20-16(19)18-13-12-17-14-18/h12-15H,3-11H2,1-2H3. The van der Waals surface area contributed by atoms with Crippen LogP contribution in [-0.4, -0.2) is 21.7 Å². The molecular weight excluding hydrogens is 252 g/mol. The summed E-state index contributed by atoms with van der Waals surface area (Å²) in [5.74, 6) is 0. The summed E-state index contributed by atoms with van der Waals surface area (Å²) in [5, 5.41) is 0. The number of aromatic nitrogens is 2. The third kappa shape index (κ3) is 7.31. The molecule has 4 heteroatoms. The predicted octanol–water partition coefficient (Wildman–Crippen LogP) is 4.79. The van der Waals surface area contributed by atoms with Crippen LogP contribution >= 0.6 is 0 Å². The minimum Gasteiger partial charge on any atom is -0.446 e. The van der Waals surface area contributed by atoms with E-state index in [0.717, 1.165) is 12.8 Å². The Morgan fingerprint density at radius 1 is 1.15 bits per heavy atom. The Labute approximate surface area is 122 Å². The first-order valence-electron chi connectivity index (χ1n) is 7.93. The van der Waals surface area contributed by atoms with Crippen molar-refractivity contribution >= 4 is 6.09 Å². The molecule has 20 heavy (non-hydrogen) atoms. The lowest BCUT2D eigenvalue weighted by Gasteiger charge is -2.12. The fraction of sp³-hybridized carbons (Fsp3) is 0.750. The van der Waals surface area contributed by atoms with E-state index in [1.54, 1.807) is 12.4 Å². The van der Waals surface area contributed by atoms with Gasteiger partial charge in [-0.3, -0.25) is 0 Å². The van der Waals surface area contributed by atoms with E-state index in [1.165, 1.54) is 55.8 Å². The maximum atomic E-state index is 11.7. The van der Waals surface area contributed by atoms with Crippen molar-refractivity contribution in [1.82, 2.24) is 9.55 Å². The van der Waals surface area contributed by atoms with Gasteiger partial charge in [-0.2, -0.15) is 0 Å². The van der Waals surface area contributed by atoms with Crippen LogP contribution in [0.3, 0.4) is 0 Å². The molecule has 0 radical (unpaired) electrons. The molecule has 0 aromatic carbocycles. The van der Waals surface area contributed by atoms with Crippen LogP contribution in [0.25, 0.3) is 0 Å². The van der Waals surface area contributed by atoms with E-state index in [-0.39, 0.29) is 12.2 Å². The molecule has 1 unspecified atom stereocenters. The van der Waals surface area contributed by atoms with Gasteiger partial charge in [-0.25, -0.2) is 14.3 Å². The first kappa shape index (κ1) is 16.7. The topological polar surface area (TPSA) is 44.1 Å². The zero-order chi connectivity index (χ0) is 14.6. The smallest absolute Gasteiger partial charge is 0.419 e. The summed E-state index contributed by atoms with van der Waals surface area (Å²) in [6, 6.07) is 0. The van der Waals surface area contributed by atoms with Crippen LogP contribution in [0.5, 0.6) is 0 Å². The molecule has 1 heterocycles. The molecule has 0 amide bonds. The van der Waals surface area contributed by atoms with Crippen LogP contribution in [0.2, 0.25) is 0 Å². The Morgan fingerprint density at radius 3 is 2.40 bits per heavy atom. The van der Waals surface area contributed by atoms with E-state index in [4.69, 9.17) is 4.74 Å². The number of ether oxygens (including phenoxy) is 1. The molecular formula is C16H28N2O2. The van der Waals surface area contributed by atoms with Crippen LogP contribution in [-0.2, 0) is 4.74 Å². The molecule has 1 aromatic heterocycles. The average Bonchev–Trinajstić information content (AvgIpc) is 2.96. The molecule has 1 atom stereocenters. The zero-order valence-corrected chi connectivity index (χ0v) is 12.9. The zero-order valence-electron chi connectivity index (χ0n) is 12.9. The van der Waals surface area contributed by atoms with E-state index < -0.39 is 0 Å². The molecule has 4 nitrogen and oxygen atoms in total. The second-order valence-corrected chi connectivity index (χ2v) is 5.43. The maximum absolute atomic E-state index is 11.7. The van der Waals surface area contributed by atoms with Crippen LogP contribution in [0.4, 0.5) is 4.79 Å². The van der Waals surface area contributed by atoms with E-state index >= 15 is 0 Å². The van der Waals surface area contributed by atoms with Gasteiger partial charge >= 0.3 is 6.09 Å². The summed E-state index contributed by atoms with van der Waals surface area (Å²) in [5.41, 5.74) is 0. The Morgan fingerprint density at radius 2 is 1.80 bits per heavy atom. The van der Waals surface area contributed by atoms with Crippen molar-refractivity contribution in [2.75, 3.05) is 0 Å². The molecule has 0 N–H and O–H groups in total. The normalized spacial score (nSPS) is 12.3. The van der Waals surface area contributed by atoms with Crippen LogP contribution in [0.15, 0.2) is 18.7 Å². The number of carbonyl (C=O) groups excluding carboxylic acids is 1. The summed E-state index contributed by atoms with van der Waals surface area (Å²) in [4.78, 5) is 15.5. The molecule has 0 spiro atoms. The molecule has 0 bridgehead atoms. The van der Waals surface area contributed by atoms with Gasteiger partial charge in [-0.05, 0) is 19.8 Å². The first-order valence-corrected chi connectivity index (χ1v) is 7.93. The quantitative estimate of drug-likeness (QED) is 0.579. The van der Waals surface area contributed by atoms with Crippen LogP contribution in [0, 0.1) is 0 Å². The molecule has 114 valence electrons. The van der Waals surface area contributed by atoms with Gasteiger partial charge in [0.05, 0.1) is 0 Å². The molecule has 0 aliphatic rings. The second kappa shape index (κ2) is 10.5. The van der Waals surface area contributed by atoms with Crippen LogP contribution in [0.1, 0.15) is 71.6 Å². The number of unbranched alkanes of at least 4 members (excludes halogenated alkanes) is 7. The molecule has 0 aliphatic carbocycles. The minimum absolute atomic E-state index is 0.0232. The third-order valence-electron chi connectivity index (χ3n) is 3.48. The molecule has 1 rings (SSSR count). The molecule has 1 aromatic rings. The van der Waals surface area contributed by atoms with Crippen molar-refractivity contribution in [1.29, 1.82) is 0 Å². The Kier molecular flexibility index (Phi) is 8.76. The summed E-state index contributed by atoms with van der Waals surface area (Å²) in [6.45, 7) is 4.20. The van der Waals surface area contributed by atoms with Gasteiger partial charge < -0.3 is 4.74 Å². The van der Waals surface area contributed by atoms with Gasteiger partial charge in [-0.15, -0.1) is 0 Å². The van der Waals surface area contributed by atoms with Gasteiger partial charge in [0, 0.05) is 12.4 Å². The minimum atomic E-state index is -0.338. The first-order chi connectivity index (χ1) is 9.74. The number of imidazole rings is 1. The fourth-order valence-electron chi connectivity index (χ4n) is 2.22. The summed E-state index contributed by atoms with van der Waals surface area (Å²) >= 11 is 0. The van der Waals surface area contributed by atoms with Crippen molar-refractivity contribution in [3.8, 4) is 0 Å². The monoisotopic (exact) mass is 280 g/mol.